The van der Waals surface area contributed by atoms with E-state index in [1.165, 1.54) is 20.0 Å². The molecule has 3 aromatic rings. The van der Waals surface area contributed by atoms with Crippen molar-refractivity contribution in [1.82, 2.24) is 13.9 Å². The van der Waals surface area contributed by atoms with Crippen LogP contribution in [-0.4, -0.2) is 60.3 Å². The summed E-state index contributed by atoms with van der Waals surface area (Å²) in [7, 11) is -4.02. The molecule has 1 atom stereocenters. The highest BCUT2D eigenvalue weighted by atomic mass is 79.9. The number of hydrogen-bond donors (Lipinski definition) is 0. The monoisotopic (exact) mass is 654 g/mol. The topological polar surface area (TPSA) is 94.0 Å². The third-order valence-corrected chi connectivity index (χ3v) is 10.4. The zero-order valence-corrected chi connectivity index (χ0v) is 24.9. The van der Waals surface area contributed by atoms with Gasteiger partial charge in [-0.05, 0) is 42.8 Å². The molecule has 9 nitrogen and oxygen atoms in total. The molecule has 1 aromatic heterocycles. The van der Waals surface area contributed by atoms with E-state index >= 15 is 0 Å². The highest BCUT2D eigenvalue weighted by Gasteiger charge is 2.53. The highest BCUT2D eigenvalue weighted by Crippen LogP contribution is 2.45. The average molecular weight is 656 g/mol. The van der Waals surface area contributed by atoms with Crippen LogP contribution in [0.15, 0.2) is 58.2 Å². The Kier molecular flexibility index (Phi) is 6.85. The lowest BCUT2D eigenvalue weighted by molar-refractivity contribution is -0.179. The summed E-state index contributed by atoms with van der Waals surface area (Å²) in [5.41, 5.74) is -0.0346. The lowest BCUT2D eigenvalue weighted by Gasteiger charge is -2.37. The van der Waals surface area contributed by atoms with Crippen LogP contribution in [-0.2, 0) is 36.3 Å². The Labute approximate surface area is 244 Å². The number of anilines is 2. The molecule has 1 unspecified atom stereocenters. The maximum Gasteiger partial charge on any atom is 0.260 e. The van der Waals surface area contributed by atoms with Gasteiger partial charge in [0.05, 0.1) is 25.1 Å². The van der Waals surface area contributed by atoms with E-state index in [0.29, 0.717) is 41.8 Å². The van der Waals surface area contributed by atoms with Gasteiger partial charge in [-0.1, -0.05) is 51.3 Å². The van der Waals surface area contributed by atoms with Crippen LogP contribution in [0.1, 0.15) is 25.3 Å². The molecule has 1 amide bonds. The second kappa shape index (κ2) is 9.83. The van der Waals surface area contributed by atoms with Gasteiger partial charge in [-0.15, -0.1) is 0 Å². The van der Waals surface area contributed by atoms with E-state index in [0.717, 1.165) is 10.0 Å². The van der Waals surface area contributed by atoms with Crippen LogP contribution in [0.4, 0.5) is 11.6 Å². The van der Waals surface area contributed by atoms with E-state index < -0.39 is 21.3 Å². The molecule has 0 N–H and O–H groups in total. The predicted octanol–water partition coefficient (Wildman–Crippen LogP) is 5.12. The quantitative estimate of drug-likeness (QED) is 0.379. The number of imidazole rings is 1. The lowest BCUT2D eigenvalue weighted by Crippen LogP contribution is -2.48. The normalized spacial score (nSPS) is 23.1. The van der Waals surface area contributed by atoms with Crippen molar-refractivity contribution < 1.29 is 22.7 Å². The van der Waals surface area contributed by atoms with Crippen LogP contribution in [0.25, 0.3) is 0 Å². The second-order valence-corrected chi connectivity index (χ2v) is 13.8. The van der Waals surface area contributed by atoms with Crippen molar-refractivity contribution in [2.75, 3.05) is 31.2 Å². The number of ether oxygens (including phenoxy) is 2. The Hall–Kier alpha value is -1.99. The molecule has 3 aliphatic rings. The third kappa shape index (κ3) is 4.61. The summed E-state index contributed by atoms with van der Waals surface area (Å²) in [4.78, 5) is 20.0. The molecular weight excluding hydrogens is 631 g/mol. The fraction of sp³-hybridized carbons (Fsp3) is 0.385. The number of nitrogens with zero attached hydrogens (tertiary/aromatic N) is 4. The molecule has 2 fully saturated rings. The third-order valence-electron chi connectivity index (χ3n) is 7.54. The van der Waals surface area contributed by atoms with Gasteiger partial charge in [0.1, 0.15) is 5.54 Å². The average Bonchev–Trinajstić information content (AvgIpc) is 3.58. The van der Waals surface area contributed by atoms with Crippen molar-refractivity contribution >= 4 is 66.7 Å². The molecule has 1 spiro atoms. The van der Waals surface area contributed by atoms with Crippen molar-refractivity contribution in [3.8, 4) is 0 Å². The summed E-state index contributed by atoms with van der Waals surface area (Å²) in [5.74, 6) is -0.874. The molecule has 39 heavy (non-hydrogen) atoms. The van der Waals surface area contributed by atoms with Crippen LogP contribution in [0.2, 0.25) is 10.0 Å². The first-order valence-corrected chi connectivity index (χ1v) is 15.4. The Morgan fingerprint density at radius 3 is 2.26 bits per heavy atom. The number of rotatable bonds is 5. The van der Waals surface area contributed by atoms with Crippen molar-refractivity contribution in [3.05, 3.63) is 68.7 Å². The number of hydrogen-bond acceptors (Lipinski definition) is 6. The molecule has 0 radical (unpaired) electrons. The molecule has 13 heteroatoms. The van der Waals surface area contributed by atoms with Crippen molar-refractivity contribution in [2.45, 2.75) is 42.5 Å². The number of halogens is 3. The summed E-state index contributed by atoms with van der Waals surface area (Å²) in [6, 6.07) is 12.4. The minimum atomic E-state index is -4.02. The fourth-order valence-electron chi connectivity index (χ4n) is 5.60. The van der Waals surface area contributed by atoms with Crippen LogP contribution < -0.4 is 4.90 Å². The van der Waals surface area contributed by atoms with Gasteiger partial charge < -0.3 is 9.47 Å². The number of amides is 1. The Balaban J connectivity index is 1.44. The lowest BCUT2D eigenvalue weighted by atomic mass is 9.92. The predicted molar refractivity (Wildman–Crippen MR) is 150 cm³/mol. The van der Waals surface area contributed by atoms with Gasteiger partial charge in [-0.2, -0.15) is 4.31 Å². The smallest absolute Gasteiger partial charge is 0.260 e. The van der Waals surface area contributed by atoms with Crippen molar-refractivity contribution in [2.24, 2.45) is 0 Å². The first-order chi connectivity index (χ1) is 18.5. The molecule has 0 aliphatic carbocycles. The maximum absolute atomic E-state index is 14.2. The first-order valence-electron chi connectivity index (χ1n) is 12.4. The Bertz CT molecular complexity index is 1530. The van der Waals surface area contributed by atoms with E-state index in [-0.39, 0.29) is 36.4 Å². The minimum absolute atomic E-state index is 0.0507. The van der Waals surface area contributed by atoms with Crippen molar-refractivity contribution in [3.63, 3.8) is 0 Å². The molecule has 3 aliphatic heterocycles. The fourth-order valence-corrected chi connectivity index (χ4v) is 8.01. The molecule has 6 rings (SSSR count). The van der Waals surface area contributed by atoms with Gasteiger partial charge in [0.15, 0.2) is 10.8 Å². The van der Waals surface area contributed by atoms with Gasteiger partial charge in [0.25, 0.3) is 15.9 Å². The van der Waals surface area contributed by atoms with E-state index in [1.807, 2.05) is 24.3 Å². The van der Waals surface area contributed by atoms with Crippen LogP contribution in [0, 0.1) is 0 Å². The number of piperidine rings is 1. The van der Waals surface area contributed by atoms with Crippen LogP contribution in [0.3, 0.4) is 0 Å². The second-order valence-electron chi connectivity index (χ2n) is 10.1. The Morgan fingerprint density at radius 2 is 1.64 bits per heavy atom. The number of carbonyl (C=O) groups is 1. The number of benzene rings is 2. The zero-order valence-electron chi connectivity index (χ0n) is 20.9. The standard InChI is InChI=1S/C26H25BrCl2N4O5S/c1-25(15-17-2-4-18(27)5-3-17)23(34)32(21-13-19(28)12-20(29)14-21)24-30-16-22(33(24)25)39(35,36)31-8-6-26(7-9-31)37-10-11-38-26/h2-5,12-14,16H,6-11,15H2,1H3. The molecule has 0 bridgehead atoms. The van der Waals surface area contributed by atoms with E-state index in [4.69, 9.17) is 32.7 Å². The van der Waals surface area contributed by atoms with Gasteiger partial charge in [0.2, 0.25) is 5.95 Å². The highest BCUT2D eigenvalue weighted by molar-refractivity contribution is 9.10. The summed E-state index contributed by atoms with van der Waals surface area (Å²) in [6.45, 7) is 3.20. The van der Waals surface area contributed by atoms with E-state index in [1.54, 1.807) is 25.1 Å². The largest absolute Gasteiger partial charge is 0.347 e. The van der Waals surface area contributed by atoms with E-state index in [2.05, 4.69) is 20.9 Å². The van der Waals surface area contributed by atoms with Gasteiger partial charge in [-0.25, -0.2) is 18.3 Å². The molecular formula is C26H25BrCl2N4O5S. The van der Waals surface area contributed by atoms with Gasteiger partial charge >= 0.3 is 0 Å². The Morgan fingerprint density at radius 1 is 1.03 bits per heavy atom. The molecule has 0 saturated carbocycles. The molecule has 206 valence electrons. The summed E-state index contributed by atoms with van der Waals surface area (Å²) >= 11 is 16.0. The minimum Gasteiger partial charge on any atom is -0.347 e. The van der Waals surface area contributed by atoms with Gasteiger partial charge in [0, 0.05) is 46.9 Å². The first kappa shape index (κ1) is 27.2. The summed E-state index contributed by atoms with van der Waals surface area (Å²) < 4.78 is 43.5. The molecule has 2 aromatic carbocycles. The summed E-state index contributed by atoms with van der Waals surface area (Å²) in [6.07, 6.45) is 2.41. The number of aromatic nitrogens is 2. The number of sulfonamides is 1. The molecule has 4 heterocycles. The number of carbonyl (C=O) groups excluding carboxylic acids is 1. The van der Waals surface area contributed by atoms with E-state index in [9.17, 15) is 13.2 Å². The van der Waals surface area contributed by atoms with Crippen LogP contribution in [0.5, 0.6) is 0 Å². The van der Waals surface area contributed by atoms with Gasteiger partial charge in [-0.3, -0.25) is 9.36 Å². The van der Waals surface area contributed by atoms with Crippen molar-refractivity contribution in [1.29, 1.82) is 0 Å². The molecule has 2 saturated heterocycles. The van der Waals surface area contributed by atoms with Crippen LogP contribution >= 0.6 is 39.1 Å². The zero-order chi connectivity index (χ0) is 27.6. The summed E-state index contributed by atoms with van der Waals surface area (Å²) in [5, 5.41) is 0.637. The SMILES string of the molecule is CC1(Cc2ccc(Br)cc2)C(=O)N(c2cc(Cl)cc(Cl)c2)c2ncc(S(=O)(=O)N3CCC4(CC3)OCCO4)n21. The maximum atomic E-state index is 14.2. The number of fused-ring (bicyclic) bond motifs is 1.